The van der Waals surface area contributed by atoms with Gasteiger partial charge in [0, 0.05) is 31.7 Å². The van der Waals surface area contributed by atoms with Crippen LogP contribution < -0.4 is 5.32 Å². The Hall–Kier alpha value is -1.69. The second-order valence-electron chi connectivity index (χ2n) is 6.19. The van der Waals surface area contributed by atoms with Gasteiger partial charge in [-0.1, -0.05) is 6.92 Å². The molecule has 0 spiro atoms. The number of likely N-dealkylation sites (N-methyl/N-ethyl adjacent to an activating group) is 1. The smallest absolute Gasteiger partial charge is 0.274 e. The minimum absolute atomic E-state index is 0.00996. The first-order valence-corrected chi connectivity index (χ1v) is 7.52. The second kappa shape index (κ2) is 6.39. The minimum Gasteiger partial charge on any atom is -0.369 e. The van der Waals surface area contributed by atoms with E-state index < -0.39 is 0 Å². The van der Waals surface area contributed by atoms with Gasteiger partial charge in [-0.3, -0.25) is 9.69 Å². The molecular weight excluding hydrogens is 266 g/mol. The molecule has 0 saturated carbocycles. The molecule has 21 heavy (non-hydrogen) atoms. The summed E-state index contributed by atoms with van der Waals surface area (Å²) in [6.45, 7) is 9.56. The molecule has 0 aromatic carbocycles. The third kappa shape index (κ3) is 3.69. The van der Waals surface area contributed by atoms with Crippen LogP contribution in [0, 0.1) is 0 Å². The summed E-state index contributed by atoms with van der Waals surface area (Å²) in [4.78, 5) is 16.6. The van der Waals surface area contributed by atoms with E-state index in [1.165, 1.54) is 0 Å². The van der Waals surface area contributed by atoms with E-state index in [2.05, 4.69) is 48.2 Å². The average molecular weight is 291 g/mol. The monoisotopic (exact) mass is 291 g/mol. The van der Waals surface area contributed by atoms with Gasteiger partial charge in [-0.15, -0.1) is 10.2 Å². The van der Waals surface area contributed by atoms with Crippen LogP contribution in [0.5, 0.6) is 0 Å². The maximum absolute atomic E-state index is 12.5. The minimum atomic E-state index is -0.0364. The van der Waals surface area contributed by atoms with Crippen molar-refractivity contribution in [2.45, 2.75) is 32.7 Å². The van der Waals surface area contributed by atoms with Crippen molar-refractivity contribution >= 4 is 11.7 Å². The van der Waals surface area contributed by atoms with Crippen molar-refractivity contribution in [1.29, 1.82) is 0 Å². The van der Waals surface area contributed by atoms with Crippen molar-refractivity contribution in [3.05, 3.63) is 17.8 Å². The Bertz CT molecular complexity index is 485. The normalized spacial score (nSPS) is 18.6. The number of carbonyl (C=O) groups is 1. The highest BCUT2D eigenvalue weighted by molar-refractivity contribution is 5.92. The molecule has 1 aliphatic rings. The van der Waals surface area contributed by atoms with Crippen LogP contribution in [0.1, 0.15) is 37.7 Å². The summed E-state index contributed by atoms with van der Waals surface area (Å²) in [5.74, 6) is 0.679. The Morgan fingerprint density at radius 2 is 2.10 bits per heavy atom. The van der Waals surface area contributed by atoms with Gasteiger partial charge in [0.05, 0.1) is 0 Å². The van der Waals surface area contributed by atoms with Crippen LogP contribution in [0.15, 0.2) is 12.1 Å². The molecule has 0 unspecified atom stereocenters. The summed E-state index contributed by atoms with van der Waals surface area (Å²) in [5, 5.41) is 11.3. The average Bonchev–Trinajstić information content (AvgIpc) is 2.47. The molecule has 1 amide bonds. The van der Waals surface area contributed by atoms with Crippen molar-refractivity contribution in [2.75, 3.05) is 38.5 Å². The van der Waals surface area contributed by atoms with Crippen LogP contribution >= 0.6 is 0 Å². The number of carbonyl (C=O) groups excluding carboxylic acids is 1. The molecule has 1 aromatic heterocycles. The maximum Gasteiger partial charge on any atom is 0.274 e. The number of hydrogen-bond donors (Lipinski definition) is 1. The van der Waals surface area contributed by atoms with Crippen LogP contribution in [0.3, 0.4) is 0 Å². The SMILES string of the molecule is CCCNc1ccc(C(=O)N2CCN(C)C(C)(C)C2)nn1. The van der Waals surface area contributed by atoms with E-state index in [4.69, 9.17) is 0 Å². The van der Waals surface area contributed by atoms with Crippen molar-refractivity contribution in [2.24, 2.45) is 0 Å². The molecular formula is C15H25N5O. The number of nitrogens with one attached hydrogen (secondary N) is 1. The quantitative estimate of drug-likeness (QED) is 0.910. The third-order valence-corrected chi connectivity index (χ3v) is 4.04. The van der Waals surface area contributed by atoms with Gasteiger partial charge in [0.1, 0.15) is 5.82 Å². The first kappa shape index (κ1) is 15.7. The lowest BCUT2D eigenvalue weighted by Gasteiger charge is -2.45. The summed E-state index contributed by atoms with van der Waals surface area (Å²) in [5.41, 5.74) is 0.404. The van der Waals surface area contributed by atoms with Gasteiger partial charge in [-0.05, 0) is 39.4 Å². The molecule has 1 saturated heterocycles. The van der Waals surface area contributed by atoms with E-state index >= 15 is 0 Å². The van der Waals surface area contributed by atoms with Gasteiger partial charge in [-0.2, -0.15) is 0 Å². The van der Waals surface area contributed by atoms with E-state index in [0.29, 0.717) is 18.1 Å². The summed E-state index contributed by atoms with van der Waals surface area (Å²) < 4.78 is 0. The lowest BCUT2D eigenvalue weighted by atomic mass is 9.99. The molecule has 2 rings (SSSR count). The summed E-state index contributed by atoms with van der Waals surface area (Å²) >= 11 is 0. The van der Waals surface area contributed by atoms with Gasteiger partial charge in [0.15, 0.2) is 5.69 Å². The highest BCUT2D eigenvalue weighted by atomic mass is 16.2. The number of anilines is 1. The summed E-state index contributed by atoms with van der Waals surface area (Å²) in [6, 6.07) is 3.57. The fraction of sp³-hybridized carbons (Fsp3) is 0.667. The first-order valence-electron chi connectivity index (χ1n) is 7.52. The molecule has 1 fully saturated rings. The van der Waals surface area contributed by atoms with Crippen LogP contribution in [0.4, 0.5) is 5.82 Å². The van der Waals surface area contributed by atoms with Crippen molar-refractivity contribution in [3.63, 3.8) is 0 Å². The van der Waals surface area contributed by atoms with Gasteiger partial charge < -0.3 is 10.2 Å². The number of amides is 1. The Morgan fingerprint density at radius 1 is 1.33 bits per heavy atom. The number of hydrogen-bond acceptors (Lipinski definition) is 5. The zero-order chi connectivity index (χ0) is 15.5. The molecule has 6 heteroatoms. The molecule has 1 aliphatic heterocycles. The van der Waals surface area contributed by atoms with Crippen LogP contribution in [-0.2, 0) is 0 Å². The third-order valence-electron chi connectivity index (χ3n) is 4.04. The molecule has 0 aliphatic carbocycles. The molecule has 1 N–H and O–H groups in total. The predicted octanol–water partition coefficient (Wildman–Crippen LogP) is 1.46. The Morgan fingerprint density at radius 3 is 2.67 bits per heavy atom. The Labute approximate surface area is 126 Å². The molecule has 6 nitrogen and oxygen atoms in total. The van der Waals surface area contributed by atoms with Crippen LogP contribution in [-0.4, -0.2) is 64.7 Å². The zero-order valence-corrected chi connectivity index (χ0v) is 13.4. The topological polar surface area (TPSA) is 61.4 Å². The molecule has 0 atom stereocenters. The molecule has 0 radical (unpaired) electrons. The highest BCUT2D eigenvalue weighted by Crippen LogP contribution is 2.20. The number of aromatic nitrogens is 2. The van der Waals surface area contributed by atoms with E-state index in [1.54, 1.807) is 6.07 Å². The van der Waals surface area contributed by atoms with Gasteiger partial charge in [-0.25, -0.2) is 0 Å². The number of rotatable bonds is 4. The lowest BCUT2D eigenvalue weighted by molar-refractivity contribution is 0.0306. The fourth-order valence-electron chi connectivity index (χ4n) is 2.37. The highest BCUT2D eigenvalue weighted by Gasteiger charge is 2.33. The Balaban J connectivity index is 2.03. The summed E-state index contributed by atoms with van der Waals surface area (Å²) in [6.07, 6.45) is 1.03. The summed E-state index contributed by atoms with van der Waals surface area (Å²) in [7, 11) is 2.09. The van der Waals surface area contributed by atoms with Gasteiger partial charge in [0.25, 0.3) is 5.91 Å². The second-order valence-corrected chi connectivity index (χ2v) is 6.19. The van der Waals surface area contributed by atoms with Crippen LogP contribution in [0.2, 0.25) is 0 Å². The van der Waals surface area contributed by atoms with E-state index in [1.807, 2.05) is 11.0 Å². The molecule has 1 aromatic rings. The molecule has 116 valence electrons. The first-order chi connectivity index (χ1) is 9.94. The predicted molar refractivity (Wildman–Crippen MR) is 83.4 cm³/mol. The van der Waals surface area contributed by atoms with Crippen molar-refractivity contribution in [3.8, 4) is 0 Å². The van der Waals surface area contributed by atoms with Gasteiger partial charge in [0.2, 0.25) is 0 Å². The standard InChI is InChI=1S/C15H25N5O/c1-5-8-16-13-7-6-12(17-18-13)14(21)20-10-9-19(4)15(2,3)11-20/h6-7H,5,8-11H2,1-4H3,(H,16,18). The largest absolute Gasteiger partial charge is 0.369 e. The maximum atomic E-state index is 12.5. The number of nitrogens with zero attached hydrogens (tertiary/aromatic N) is 4. The fourth-order valence-corrected chi connectivity index (χ4v) is 2.37. The van der Waals surface area contributed by atoms with Crippen LogP contribution in [0.25, 0.3) is 0 Å². The van der Waals surface area contributed by atoms with E-state index in [0.717, 1.165) is 26.1 Å². The lowest BCUT2D eigenvalue weighted by Crippen LogP contribution is -2.58. The van der Waals surface area contributed by atoms with Crippen molar-refractivity contribution < 1.29 is 4.79 Å². The van der Waals surface area contributed by atoms with E-state index in [9.17, 15) is 4.79 Å². The van der Waals surface area contributed by atoms with Gasteiger partial charge >= 0.3 is 0 Å². The van der Waals surface area contributed by atoms with E-state index in [-0.39, 0.29) is 11.4 Å². The molecule has 0 bridgehead atoms. The van der Waals surface area contributed by atoms with Crippen molar-refractivity contribution in [1.82, 2.24) is 20.0 Å². The zero-order valence-electron chi connectivity index (χ0n) is 13.4. The molecule has 2 heterocycles. The Kier molecular flexibility index (Phi) is 4.77. The number of piperazine rings is 1.